The van der Waals surface area contributed by atoms with E-state index in [1.165, 1.54) is 12.1 Å². The Morgan fingerprint density at radius 3 is 2.48 bits per heavy atom. The number of halogens is 2. The van der Waals surface area contributed by atoms with Gasteiger partial charge < -0.3 is 5.32 Å². The summed E-state index contributed by atoms with van der Waals surface area (Å²) < 4.78 is 15.5. The maximum Gasteiger partial charge on any atom is 0.324 e. The summed E-state index contributed by atoms with van der Waals surface area (Å²) in [7, 11) is 0. The maximum absolute atomic E-state index is 13.8. The zero-order valence-electron chi connectivity index (χ0n) is 14.0. The van der Waals surface area contributed by atoms with Crippen molar-refractivity contribution in [2.45, 2.75) is 0 Å². The number of urea groups is 1. The van der Waals surface area contributed by atoms with Crippen molar-refractivity contribution in [3.63, 3.8) is 0 Å². The summed E-state index contributed by atoms with van der Waals surface area (Å²) in [5, 5.41) is 5.89. The van der Waals surface area contributed by atoms with Crippen molar-refractivity contribution >= 4 is 34.8 Å². The highest BCUT2D eigenvalue weighted by Crippen LogP contribution is 2.29. The van der Waals surface area contributed by atoms with Gasteiger partial charge in [-0.25, -0.2) is 14.2 Å². The highest BCUT2D eigenvalue weighted by atomic mass is 35.5. The molecule has 2 heterocycles. The molecular formula is C20H14ClFN4O. The molecular weight excluding hydrogens is 367 g/mol. The number of nitrogens with zero attached hydrogens (tertiary/aromatic N) is 2. The lowest BCUT2D eigenvalue weighted by Gasteiger charge is -2.10. The first kappa shape index (κ1) is 17.1. The number of hydrogen-bond donors (Lipinski definition) is 2. The lowest BCUT2D eigenvalue weighted by molar-refractivity contribution is 0.262. The number of amides is 2. The van der Waals surface area contributed by atoms with E-state index in [2.05, 4.69) is 15.6 Å². The molecule has 0 saturated heterocycles. The van der Waals surface area contributed by atoms with E-state index in [0.717, 1.165) is 5.56 Å². The third kappa shape index (κ3) is 3.47. The summed E-state index contributed by atoms with van der Waals surface area (Å²) in [4.78, 5) is 17.1. The number of hydrogen-bond acceptors (Lipinski definition) is 2. The molecule has 4 rings (SSSR count). The van der Waals surface area contributed by atoms with Crippen LogP contribution in [0.5, 0.6) is 0 Å². The fraction of sp³-hybridized carbons (Fsp3) is 0. The summed E-state index contributed by atoms with van der Waals surface area (Å²) in [5.41, 5.74) is 2.14. The first-order valence-electron chi connectivity index (χ1n) is 8.17. The molecule has 2 N–H and O–H groups in total. The number of nitrogens with one attached hydrogen (secondary N) is 2. The van der Waals surface area contributed by atoms with Crippen molar-refractivity contribution in [3.05, 3.63) is 83.8 Å². The first-order chi connectivity index (χ1) is 13.1. The van der Waals surface area contributed by atoms with E-state index in [-0.39, 0.29) is 5.69 Å². The zero-order chi connectivity index (χ0) is 18.8. The molecule has 0 fully saturated rings. The number of rotatable bonds is 3. The van der Waals surface area contributed by atoms with Gasteiger partial charge >= 0.3 is 6.03 Å². The van der Waals surface area contributed by atoms with E-state index in [0.29, 0.717) is 22.2 Å². The average Bonchev–Trinajstić information content (AvgIpc) is 3.03. The van der Waals surface area contributed by atoms with Crippen LogP contribution in [0.3, 0.4) is 0 Å². The minimum Gasteiger partial charge on any atom is -0.305 e. The van der Waals surface area contributed by atoms with E-state index in [4.69, 9.17) is 11.6 Å². The Kier molecular flexibility index (Phi) is 4.48. The van der Waals surface area contributed by atoms with Crippen LogP contribution >= 0.6 is 11.6 Å². The lowest BCUT2D eigenvalue weighted by atomic mass is 10.1. The molecule has 0 unspecified atom stereocenters. The topological polar surface area (TPSA) is 58.4 Å². The Morgan fingerprint density at radius 2 is 1.70 bits per heavy atom. The third-order valence-electron chi connectivity index (χ3n) is 4.00. The number of fused-ring (bicyclic) bond motifs is 1. The maximum atomic E-state index is 13.8. The van der Waals surface area contributed by atoms with Crippen LogP contribution in [-0.2, 0) is 0 Å². The Hall–Kier alpha value is -3.38. The van der Waals surface area contributed by atoms with E-state index in [9.17, 15) is 9.18 Å². The van der Waals surface area contributed by atoms with Crippen LogP contribution < -0.4 is 10.6 Å². The molecule has 0 aliphatic heterocycles. The van der Waals surface area contributed by atoms with Crippen molar-refractivity contribution < 1.29 is 9.18 Å². The molecule has 2 aromatic heterocycles. The molecule has 134 valence electrons. The van der Waals surface area contributed by atoms with Crippen LogP contribution in [0.25, 0.3) is 16.9 Å². The van der Waals surface area contributed by atoms with E-state index < -0.39 is 11.8 Å². The lowest BCUT2D eigenvalue weighted by Crippen LogP contribution is -2.21. The van der Waals surface area contributed by atoms with Crippen LogP contribution in [0, 0.1) is 5.82 Å². The van der Waals surface area contributed by atoms with Crippen molar-refractivity contribution in [3.8, 4) is 11.3 Å². The molecule has 4 aromatic rings. The van der Waals surface area contributed by atoms with E-state index in [1.54, 1.807) is 34.9 Å². The first-order valence-corrected chi connectivity index (χ1v) is 8.55. The number of aromatic nitrogens is 2. The Morgan fingerprint density at radius 1 is 0.963 bits per heavy atom. The largest absolute Gasteiger partial charge is 0.324 e. The number of pyridine rings is 1. The number of anilines is 2. The molecule has 2 amide bonds. The second-order valence-electron chi connectivity index (χ2n) is 5.80. The van der Waals surface area contributed by atoms with Gasteiger partial charge in [0.25, 0.3) is 0 Å². The van der Waals surface area contributed by atoms with Crippen molar-refractivity contribution in [2.75, 3.05) is 10.6 Å². The fourth-order valence-corrected chi connectivity index (χ4v) is 2.87. The van der Waals surface area contributed by atoms with Gasteiger partial charge in [0.1, 0.15) is 23.0 Å². The monoisotopic (exact) mass is 380 g/mol. The fourth-order valence-electron chi connectivity index (χ4n) is 2.75. The minimum absolute atomic E-state index is 0.0943. The average molecular weight is 381 g/mol. The van der Waals surface area contributed by atoms with Gasteiger partial charge in [-0.05, 0) is 36.4 Å². The van der Waals surface area contributed by atoms with Crippen LogP contribution in [0.2, 0.25) is 5.02 Å². The van der Waals surface area contributed by atoms with E-state index >= 15 is 0 Å². The summed E-state index contributed by atoms with van der Waals surface area (Å²) in [6, 6.07) is 18.1. The molecule has 2 aromatic carbocycles. The molecule has 27 heavy (non-hydrogen) atoms. The number of imidazole rings is 1. The molecule has 7 heteroatoms. The Balaban J connectivity index is 1.71. The van der Waals surface area contributed by atoms with Gasteiger partial charge in [-0.2, -0.15) is 0 Å². The van der Waals surface area contributed by atoms with Crippen LogP contribution in [0.1, 0.15) is 0 Å². The predicted octanol–water partition coefficient (Wildman–Crippen LogP) is 5.44. The normalized spacial score (nSPS) is 10.7. The Labute approximate surface area is 159 Å². The molecule has 0 bridgehead atoms. The summed E-state index contributed by atoms with van der Waals surface area (Å²) in [6.07, 6.45) is 1.79. The molecule has 0 radical (unpaired) electrons. The molecule has 0 aliphatic rings. The van der Waals surface area contributed by atoms with Gasteiger partial charge in [-0.1, -0.05) is 41.9 Å². The molecule has 0 saturated carbocycles. The quantitative estimate of drug-likeness (QED) is 0.497. The van der Waals surface area contributed by atoms with Gasteiger partial charge in [0.15, 0.2) is 0 Å². The van der Waals surface area contributed by atoms with Gasteiger partial charge in [-0.15, -0.1) is 0 Å². The summed E-state index contributed by atoms with van der Waals surface area (Å²) in [6.45, 7) is 0. The number of carbonyl (C=O) groups is 1. The van der Waals surface area contributed by atoms with Crippen LogP contribution in [0.4, 0.5) is 20.7 Å². The van der Waals surface area contributed by atoms with Gasteiger partial charge in [0, 0.05) is 16.8 Å². The summed E-state index contributed by atoms with van der Waals surface area (Å²) in [5.74, 6) is -0.0366. The Bertz CT molecular complexity index is 1120. The van der Waals surface area contributed by atoms with Crippen molar-refractivity contribution in [1.82, 2.24) is 9.38 Å². The van der Waals surface area contributed by atoms with Crippen LogP contribution in [-0.4, -0.2) is 15.4 Å². The smallest absolute Gasteiger partial charge is 0.305 e. The van der Waals surface area contributed by atoms with Crippen molar-refractivity contribution in [1.29, 1.82) is 0 Å². The predicted molar refractivity (Wildman–Crippen MR) is 105 cm³/mol. The highest BCUT2D eigenvalue weighted by Gasteiger charge is 2.17. The highest BCUT2D eigenvalue weighted by molar-refractivity contribution is 6.30. The second kappa shape index (κ2) is 7.09. The number of carbonyl (C=O) groups excluding carboxylic acids is 1. The second-order valence-corrected chi connectivity index (χ2v) is 6.24. The van der Waals surface area contributed by atoms with Gasteiger partial charge in [0.05, 0.1) is 5.69 Å². The number of benzene rings is 2. The molecule has 0 spiro atoms. The molecule has 5 nitrogen and oxygen atoms in total. The van der Waals surface area contributed by atoms with Gasteiger partial charge in [0.2, 0.25) is 0 Å². The summed E-state index contributed by atoms with van der Waals surface area (Å²) >= 11 is 5.97. The minimum atomic E-state index is -0.569. The SMILES string of the molecule is O=C(Nc1ccccc1F)Nc1c(-c2ccc(Cl)cc2)nc2ccccn12. The third-order valence-corrected chi connectivity index (χ3v) is 4.25. The van der Waals surface area contributed by atoms with Crippen LogP contribution in [0.15, 0.2) is 72.9 Å². The molecule has 0 aliphatic carbocycles. The molecule has 0 atom stereocenters. The number of para-hydroxylation sites is 1. The standard InChI is InChI=1S/C20H14ClFN4O/c21-14-10-8-13(9-11-14)18-19(26-12-4-3-7-17(26)24-18)25-20(27)23-16-6-2-1-5-15(16)22/h1-12H,(H2,23,25,27). The van der Waals surface area contributed by atoms with Crippen molar-refractivity contribution in [2.24, 2.45) is 0 Å². The van der Waals surface area contributed by atoms with Gasteiger partial charge in [-0.3, -0.25) is 9.72 Å². The zero-order valence-corrected chi connectivity index (χ0v) is 14.7. The van der Waals surface area contributed by atoms with E-state index in [1.807, 2.05) is 30.3 Å².